The Kier molecular flexibility index (Phi) is 5.74. The molecule has 2 nitrogen and oxygen atoms in total. The van der Waals surface area contributed by atoms with Gasteiger partial charge in [-0.3, -0.25) is 4.90 Å². The molecule has 0 radical (unpaired) electrons. The molecular formula is C16H24Cl2N2. The molecule has 1 heterocycles. The van der Waals surface area contributed by atoms with Crippen LogP contribution >= 0.6 is 23.2 Å². The zero-order valence-corrected chi connectivity index (χ0v) is 14.0. The molecule has 1 fully saturated rings. The summed E-state index contributed by atoms with van der Waals surface area (Å²) < 4.78 is 0. The zero-order valence-electron chi connectivity index (χ0n) is 12.5. The third-order valence-electron chi connectivity index (χ3n) is 4.21. The molecule has 1 saturated heterocycles. The number of hydrogen-bond donors (Lipinski definition) is 1. The maximum atomic E-state index is 6.34. The lowest BCUT2D eigenvalue weighted by atomic mass is 9.97. The van der Waals surface area contributed by atoms with Gasteiger partial charge in [-0.05, 0) is 24.0 Å². The molecule has 0 saturated carbocycles. The van der Waals surface area contributed by atoms with Crippen molar-refractivity contribution >= 4 is 23.2 Å². The Hall–Kier alpha value is -0.280. The minimum absolute atomic E-state index is 0.549. The van der Waals surface area contributed by atoms with Crippen LogP contribution in [0.5, 0.6) is 0 Å². The van der Waals surface area contributed by atoms with E-state index < -0.39 is 0 Å². The summed E-state index contributed by atoms with van der Waals surface area (Å²) in [6, 6.07) is 7.03. The van der Waals surface area contributed by atoms with Crippen LogP contribution in [-0.4, -0.2) is 30.1 Å². The Morgan fingerprint density at radius 3 is 2.75 bits per heavy atom. The largest absolute Gasteiger partial charge is 0.311 e. The summed E-state index contributed by atoms with van der Waals surface area (Å²) in [7, 11) is 0. The Labute approximate surface area is 132 Å². The van der Waals surface area contributed by atoms with Crippen molar-refractivity contribution in [1.29, 1.82) is 0 Å². The van der Waals surface area contributed by atoms with Gasteiger partial charge < -0.3 is 5.32 Å². The van der Waals surface area contributed by atoms with Gasteiger partial charge >= 0.3 is 0 Å². The number of benzene rings is 1. The summed E-state index contributed by atoms with van der Waals surface area (Å²) in [6.45, 7) is 9.80. The number of hydrogen-bond acceptors (Lipinski definition) is 2. The van der Waals surface area contributed by atoms with Gasteiger partial charge in [-0.25, -0.2) is 0 Å². The Morgan fingerprint density at radius 2 is 2.10 bits per heavy atom. The van der Waals surface area contributed by atoms with Gasteiger partial charge in [0.15, 0.2) is 0 Å². The standard InChI is InChI=1S/C16H24Cl2N2/c1-4-13-10-20(15(8-19-13)11(2)3)9-12-6-5-7-14(17)16(12)18/h5-7,11,13,15,19H,4,8-10H2,1-3H3. The molecule has 0 spiro atoms. The highest BCUT2D eigenvalue weighted by Crippen LogP contribution is 2.28. The van der Waals surface area contributed by atoms with Crippen molar-refractivity contribution in [1.82, 2.24) is 10.2 Å². The lowest BCUT2D eigenvalue weighted by Crippen LogP contribution is -2.57. The van der Waals surface area contributed by atoms with E-state index in [1.807, 2.05) is 12.1 Å². The van der Waals surface area contributed by atoms with Crippen LogP contribution in [0.15, 0.2) is 18.2 Å². The lowest BCUT2D eigenvalue weighted by Gasteiger charge is -2.42. The SMILES string of the molecule is CCC1CN(Cc2cccc(Cl)c2Cl)C(C(C)C)CN1. The average molecular weight is 315 g/mol. The summed E-state index contributed by atoms with van der Waals surface area (Å²) in [5.41, 5.74) is 1.13. The van der Waals surface area contributed by atoms with Gasteiger partial charge in [0.05, 0.1) is 10.0 Å². The van der Waals surface area contributed by atoms with E-state index in [1.54, 1.807) is 0 Å². The second kappa shape index (κ2) is 7.13. The van der Waals surface area contributed by atoms with Crippen LogP contribution in [0.25, 0.3) is 0 Å². The Morgan fingerprint density at radius 1 is 1.35 bits per heavy atom. The van der Waals surface area contributed by atoms with Crippen molar-refractivity contribution in [3.63, 3.8) is 0 Å². The van der Waals surface area contributed by atoms with Gasteiger partial charge in [-0.1, -0.05) is 56.1 Å². The molecule has 0 aliphatic carbocycles. The predicted octanol–water partition coefficient (Wildman–Crippen LogP) is 4.20. The van der Waals surface area contributed by atoms with Crippen LogP contribution in [0.3, 0.4) is 0 Å². The minimum Gasteiger partial charge on any atom is -0.311 e. The minimum atomic E-state index is 0.549. The summed E-state index contributed by atoms with van der Waals surface area (Å²) in [6.07, 6.45) is 1.16. The Balaban J connectivity index is 2.16. The van der Waals surface area contributed by atoms with Crippen LogP contribution in [0.1, 0.15) is 32.8 Å². The topological polar surface area (TPSA) is 15.3 Å². The van der Waals surface area contributed by atoms with Gasteiger partial charge in [0.2, 0.25) is 0 Å². The second-order valence-electron chi connectivity index (χ2n) is 5.97. The number of rotatable bonds is 4. The van der Waals surface area contributed by atoms with E-state index in [1.165, 1.54) is 0 Å². The van der Waals surface area contributed by atoms with E-state index >= 15 is 0 Å². The molecule has 1 aliphatic heterocycles. The summed E-state index contributed by atoms with van der Waals surface area (Å²) >= 11 is 12.5. The quantitative estimate of drug-likeness (QED) is 0.896. The van der Waals surface area contributed by atoms with Crippen LogP contribution in [0, 0.1) is 5.92 Å². The van der Waals surface area contributed by atoms with Crippen LogP contribution in [0.2, 0.25) is 10.0 Å². The first-order valence-corrected chi connectivity index (χ1v) is 8.18. The molecule has 2 rings (SSSR count). The van der Waals surface area contributed by atoms with Crippen molar-refractivity contribution < 1.29 is 0 Å². The van der Waals surface area contributed by atoms with E-state index in [-0.39, 0.29) is 0 Å². The van der Waals surface area contributed by atoms with Gasteiger partial charge in [-0.15, -0.1) is 0 Å². The molecule has 2 unspecified atom stereocenters. The zero-order chi connectivity index (χ0) is 14.7. The summed E-state index contributed by atoms with van der Waals surface area (Å²) in [4.78, 5) is 2.55. The molecular weight excluding hydrogens is 291 g/mol. The van der Waals surface area contributed by atoms with E-state index in [9.17, 15) is 0 Å². The molecule has 1 aromatic carbocycles. The van der Waals surface area contributed by atoms with Crippen molar-refractivity contribution in [2.45, 2.75) is 45.8 Å². The second-order valence-corrected chi connectivity index (χ2v) is 6.75. The van der Waals surface area contributed by atoms with Crippen molar-refractivity contribution in [2.75, 3.05) is 13.1 Å². The van der Waals surface area contributed by atoms with Crippen molar-refractivity contribution in [3.8, 4) is 0 Å². The summed E-state index contributed by atoms with van der Waals surface area (Å²) in [5.74, 6) is 0.623. The van der Waals surface area contributed by atoms with Crippen LogP contribution < -0.4 is 5.32 Å². The van der Waals surface area contributed by atoms with Gasteiger partial charge in [0.1, 0.15) is 0 Å². The van der Waals surface area contributed by atoms with E-state index in [0.717, 1.165) is 31.6 Å². The van der Waals surface area contributed by atoms with E-state index in [4.69, 9.17) is 23.2 Å². The third-order valence-corrected chi connectivity index (χ3v) is 5.06. The fraction of sp³-hybridized carbons (Fsp3) is 0.625. The lowest BCUT2D eigenvalue weighted by molar-refractivity contribution is 0.0901. The average Bonchev–Trinajstić information content (AvgIpc) is 2.43. The molecule has 0 bridgehead atoms. The number of nitrogens with zero attached hydrogens (tertiary/aromatic N) is 1. The number of halogens is 2. The highest BCUT2D eigenvalue weighted by Gasteiger charge is 2.29. The molecule has 1 N–H and O–H groups in total. The molecule has 1 aliphatic rings. The van der Waals surface area contributed by atoms with Crippen LogP contribution in [-0.2, 0) is 6.54 Å². The molecule has 4 heteroatoms. The van der Waals surface area contributed by atoms with Crippen molar-refractivity contribution in [3.05, 3.63) is 33.8 Å². The number of nitrogens with one attached hydrogen (secondary N) is 1. The van der Waals surface area contributed by atoms with Gasteiger partial charge in [0.25, 0.3) is 0 Å². The normalized spacial score (nSPS) is 24.3. The van der Waals surface area contributed by atoms with Crippen molar-refractivity contribution in [2.24, 2.45) is 5.92 Å². The molecule has 2 atom stereocenters. The number of piperazine rings is 1. The summed E-state index contributed by atoms with van der Waals surface area (Å²) in [5, 5.41) is 4.98. The maximum Gasteiger partial charge on any atom is 0.0637 e. The third kappa shape index (κ3) is 3.67. The molecule has 0 aromatic heterocycles. The fourth-order valence-corrected chi connectivity index (χ4v) is 3.28. The van der Waals surface area contributed by atoms with Gasteiger partial charge in [-0.2, -0.15) is 0 Å². The molecule has 0 amide bonds. The molecule has 20 heavy (non-hydrogen) atoms. The first kappa shape index (κ1) is 16.1. The Bertz CT molecular complexity index is 448. The van der Waals surface area contributed by atoms with E-state index in [0.29, 0.717) is 28.0 Å². The first-order chi connectivity index (χ1) is 9.52. The molecule has 112 valence electrons. The molecule has 1 aromatic rings. The maximum absolute atomic E-state index is 6.34. The van der Waals surface area contributed by atoms with E-state index in [2.05, 4.69) is 37.1 Å². The highest BCUT2D eigenvalue weighted by atomic mass is 35.5. The van der Waals surface area contributed by atoms with Gasteiger partial charge in [0, 0.05) is 31.7 Å². The van der Waals surface area contributed by atoms with Crippen LogP contribution in [0.4, 0.5) is 0 Å². The highest BCUT2D eigenvalue weighted by molar-refractivity contribution is 6.42. The monoisotopic (exact) mass is 314 g/mol. The smallest absolute Gasteiger partial charge is 0.0637 e. The first-order valence-electron chi connectivity index (χ1n) is 7.43. The predicted molar refractivity (Wildman–Crippen MR) is 87.6 cm³/mol. The fourth-order valence-electron chi connectivity index (χ4n) is 2.90.